The summed E-state index contributed by atoms with van der Waals surface area (Å²) >= 11 is 0. The van der Waals surface area contributed by atoms with Crippen LogP contribution < -0.4 is 4.90 Å². The Balaban J connectivity index is 2.19. The number of rotatable bonds is 2. The van der Waals surface area contributed by atoms with E-state index in [0.717, 1.165) is 43.3 Å². The first kappa shape index (κ1) is 12.3. The molecule has 1 aliphatic heterocycles. The van der Waals surface area contributed by atoms with Gasteiger partial charge in [0.05, 0.1) is 12.2 Å². The second-order valence-corrected chi connectivity index (χ2v) is 5.01. The van der Waals surface area contributed by atoms with Crippen molar-refractivity contribution in [2.75, 3.05) is 24.6 Å². The highest BCUT2D eigenvalue weighted by Gasteiger charge is 2.31. The summed E-state index contributed by atoms with van der Waals surface area (Å²) in [6.07, 6.45) is 2.91. The van der Waals surface area contributed by atoms with Gasteiger partial charge in [0.2, 0.25) is 5.95 Å². The van der Waals surface area contributed by atoms with E-state index in [1.165, 1.54) is 0 Å². The molecule has 1 aromatic rings. The molecule has 0 aliphatic carbocycles. The Kier molecular flexibility index (Phi) is 3.33. The number of anilines is 1. The van der Waals surface area contributed by atoms with E-state index in [1.807, 2.05) is 20.0 Å². The van der Waals surface area contributed by atoms with E-state index in [-0.39, 0.29) is 5.60 Å². The molecular weight excluding hydrogens is 214 g/mol. The molecule has 4 heteroatoms. The Labute approximate surface area is 103 Å². The van der Waals surface area contributed by atoms with E-state index in [1.54, 1.807) is 0 Å². The van der Waals surface area contributed by atoms with Crippen LogP contribution in [0.4, 0.5) is 5.95 Å². The molecule has 1 atom stereocenters. The van der Waals surface area contributed by atoms with Gasteiger partial charge in [-0.15, -0.1) is 0 Å². The molecule has 1 fully saturated rings. The van der Waals surface area contributed by atoms with E-state index >= 15 is 0 Å². The van der Waals surface area contributed by atoms with Gasteiger partial charge in [-0.3, -0.25) is 0 Å². The quantitative estimate of drug-likeness (QED) is 0.787. The minimum Gasteiger partial charge on any atom is -0.372 e. The number of morpholine rings is 1. The third-order valence-corrected chi connectivity index (χ3v) is 3.58. The SMILES string of the molecule is CCC1(C)CN(c2ncc(C)c(C)n2)CCO1. The number of aryl methyl sites for hydroxylation is 2. The standard InChI is InChI=1S/C13H21N3O/c1-5-13(4)9-16(6-7-17-13)12-14-8-10(2)11(3)15-12/h8H,5-7,9H2,1-4H3. The molecule has 0 saturated carbocycles. The first-order valence-electron chi connectivity index (χ1n) is 6.23. The van der Waals surface area contributed by atoms with Gasteiger partial charge in [-0.1, -0.05) is 6.92 Å². The van der Waals surface area contributed by atoms with Gasteiger partial charge in [0.1, 0.15) is 0 Å². The highest BCUT2D eigenvalue weighted by atomic mass is 16.5. The lowest BCUT2D eigenvalue weighted by atomic mass is 10.0. The van der Waals surface area contributed by atoms with Gasteiger partial charge in [0, 0.05) is 25.0 Å². The van der Waals surface area contributed by atoms with Crippen LogP contribution in [-0.2, 0) is 4.74 Å². The molecule has 1 saturated heterocycles. The molecule has 0 N–H and O–H groups in total. The third kappa shape index (κ3) is 2.57. The molecule has 4 nitrogen and oxygen atoms in total. The zero-order valence-electron chi connectivity index (χ0n) is 11.2. The topological polar surface area (TPSA) is 38.2 Å². The van der Waals surface area contributed by atoms with Crippen molar-refractivity contribution in [2.45, 2.75) is 39.7 Å². The number of nitrogens with zero attached hydrogens (tertiary/aromatic N) is 3. The Hall–Kier alpha value is -1.16. The Bertz CT molecular complexity index is 408. The van der Waals surface area contributed by atoms with E-state index < -0.39 is 0 Å². The van der Waals surface area contributed by atoms with Crippen molar-refractivity contribution in [3.05, 3.63) is 17.5 Å². The van der Waals surface area contributed by atoms with Crippen LogP contribution in [0.3, 0.4) is 0 Å². The number of aromatic nitrogens is 2. The molecule has 1 aliphatic rings. The van der Waals surface area contributed by atoms with Gasteiger partial charge in [-0.05, 0) is 32.8 Å². The molecule has 0 radical (unpaired) electrons. The molecule has 0 spiro atoms. The lowest BCUT2D eigenvalue weighted by Gasteiger charge is -2.40. The predicted octanol–water partition coefficient (Wildman–Crippen LogP) is 2.10. The van der Waals surface area contributed by atoms with Crippen molar-refractivity contribution in [2.24, 2.45) is 0 Å². The molecule has 1 aromatic heterocycles. The monoisotopic (exact) mass is 235 g/mol. The number of ether oxygens (including phenoxy) is 1. The van der Waals surface area contributed by atoms with Crippen molar-refractivity contribution >= 4 is 5.95 Å². The highest BCUT2D eigenvalue weighted by molar-refractivity contribution is 5.33. The average molecular weight is 235 g/mol. The molecule has 0 aromatic carbocycles. The maximum absolute atomic E-state index is 5.82. The van der Waals surface area contributed by atoms with E-state index in [9.17, 15) is 0 Å². The fourth-order valence-electron chi connectivity index (χ4n) is 1.98. The summed E-state index contributed by atoms with van der Waals surface area (Å²) < 4.78 is 5.82. The number of hydrogen-bond acceptors (Lipinski definition) is 4. The van der Waals surface area contributed by atoms with Crippen LogP contribution in [0, 0.1) is 13.8 Å². The highest BCUT2D eigenvalue weighted by Crippen LogP contribution is 2.23. The van der Waals surface area contributed by atoms with Gasteiger partial charge in [0.15, 0.2) is 0 Å². The lowest BCUT2D eigenvalue weighted by molar-refractivity contribution is -0.0445. The van der Waals surface area contributed by atoms with Crippen LogP contribution in [0.5, 0.6) is 0 Å². The summed E-state index contributed by atoms with van der Waals surface area (Å²) in [4.78, 5) is 11.2. The van der Waals surface area contributed by atoms with Crippen molar-refractivity contribution in [3.63, 3.8) is 0 Å². The largest absolute Gasteiger partial charge is 0.372 e. The maximum atomic E-state index is 5.82. The summed E-state index contributed by atoms with van der Waals surface area (Å²) in [7, 11) is 0. The second kappa shape index (κ2) is 4.61. The van der Waals surface area contributed by atoms with Gasteiger partial charge >= 0.3 is 0 Å². The van der Waals surface area contributed by atoms with Gasteiger partial charge in [0.25, 0.3) is 0 Å². The normalized spacial score (nSPS) is 25.1. The first-order valence-corrected chi connectivity index (χ1v) is 6.23. The Morgan fingerprint density at radius 3 is 2.88 bits per heavy atom. The maximum Gasteiger partial charge on any atom is 0.225 e. The zero-order chi connectivity index (χ0) is 12.5. The first-order chi connectivity index (χ1) is 8.04. The fraction of sp³-hybridized carbons (Fsp3) is 0.692. The molecule has 94 valence electrons. The van der Waals surface area contributed by atoms with E-state index in [4.69, 9.17) is 4.74 Å². The van der Waals surface area contributed by atoms with Crippen LogP contribution >= 0.6 is 0 Å². The lowest BCUT2D eigenvalue weighted by Crippen LogP contribution is -2.50. The minimum atomic E-state index is -0.0690. The summed E-state index contributed by atoms with van der Waals surface area (Å²) in [6, 6.07) is 0. The molecule has 0 amide bonds. The molecule has 17 heavy (non-hydrogen) atoms. The smallest absolute Gasteiger partial charge is 0.225 e. The molecule has 1 unspecified atom stereocenters. The van der Waals surface area contributed by atoms with Crippen LogP contribution in [0.15, 0.2) is 6.20 Å². The van der Waals surface area contributed by atoms with Gasteiger partial charge in [-0.2, -0.15) is 0 Å². The van der Waals surface area contributed by atoms with Crippen molar-refractivity contribution < 1.29 is 4.74 Å². The van der Waals surface area contributed by atoms with Crippen molar-refractivity contribution in [1.82, 2.24) is 9.97 Å². The predicted molar refractivity (Wildman–Crippen MR) is 68.4 cm³/mol. The second-order valence-electron chi connectivity index (χ2n) is 5.01. The van der Waals surface area contributed by atoms with Gasteiger partial charge < -0.3 is 9.64 Å². The van der Waals surface area contributed by atoms with Crippen LogP contribution in [0.1, 0.15) is 31.5 Å². The minimum absolute atomic E-state index is 0.0690. The molecule has 0 bridgehead atoms. The fourth-order valence-corrected chi connectivity index (χ4v) is 1.98. The summed E-state index contributed by atoms with van der Waals surface area (Å²) in [5, 5.41) is 0. The van der Waals surface area contributed by atoms with Crippen molar-refractivity contribution in [3.8, 4) is 0 Å². The molecule has 2 rings (SSSR count). The summed E-state index contributed by atoms with van der Waals surface area (Å²) in [5.41, 5.74) is 2.13. The third-order valence-electron chi connectivity index (χ3n) is 3.58. The number of hydrogen-bond donors (Lipinski definition) is 0. The zero-order valence-corrected chi connectivity index (χ0v) is 11.2. The van der Waals surface area contributed by atoms with E-state index in [0.29, 0.717) is 0 Å². The van der Waals surface area contributed by atoms with Crippen LogP contribution in [0.2, 0.25) is 0 Å². The summed E-state index contributed by atoms with van der Waals surface area (Å²) in [6.45, 7) is 10.9. The van der Waals surface area contributed by atoms with Crippen LogP contribution in [0.25, 0.3) is 0 Å². The van der Waals surface area contributed by atoms with Crippen LogP contribution in [-0.4, -0.2) is 35.3 Å². The average Bonchev–Trinajstić information content (AvgIpc) is 2.33. The Morgan fingerprint density at radius 2 is 2.24 bits per heavy atom. The Morgan fingerprint density at radius 1 is 1.47 bits per heavy atom. The summed E-state index contributed by atoms with van der Waals surface area (Å²) in [5.74, 6) is 0.830. The van der Waals surface area contributed by atoms with E-state index in [2.05, 4.69) is 28.7 Å². The van der Waals surface area contributed by atoms with Crippen molar-refractivity contribution in [1.29, 1.82) is 0 Å². The molecular formula is C13H21N3O. The van der Waals surface area contributed by atoms with Gasteiger partial charge in [-0.25, -0.2) is 9.97 Å². The molecule has 2 heterocycles.